The Balaban J connectivity index is 2.40. The summed E-state index contributed by atoms with van der Waals surface area (Å²) in [6.45, 7) is 7.06. The van der Waals surface area contributed by atoms with E-state index in [2.05, 4.69) is 5.32 Å². The van der Waals surface area contributed by atoms with Crippen molar-refractivity contribution in [2.24, 2.45) is 5.92 Å². The van der Waals surface area contributed by atoms with Crippen molar-refractivity contribution in [3.05, 3.63) is 12.2 Å². The second kappa shape index (κ2) is 5.34. The lowest BCUT2D eigenvalue weighted by Crippen LogP contribution is -2.44. The van der Waals surface area contributed by atoms with Crippen LogP contribution in [0.1, 0.15) is 40.5 Å². The number of esters is 1. The molecule has 0 aromatic heterocycles. The van der Waals surface area contributed by atoms with Crippen molar-refractivity contribution in [3.63, 3.8) is 0 Å². The van der Waals surface area contributed by atoms with Gasteiger partial charge >= 0.3 is 5.97 Å². The van der Waals surface area contributed by atoms with Crippen LogP contribution in [0.15, 0.2) is 12.2 Å². The maximum atomic E-state index is 11.8. The number of hydrogen-bond donors (Lipinski definition) is 1. The van der Waals surface area contributed by atoms with Crippen LogP contribution >= 0.6 is 0 Å². The Morgan fingerprint density at radius 1 is 1.29 bits per heavy atom. The van der Waals surface area contributed by atoms with E-state index >= 15 is 0 Å². The molecule has 0 fully saturated rings. The fraction of sp³-hybridized carbons (Fsp3) is 0.692. The van der Waals surface area contributed by atoms with Crippen molar-refractivity contribution < 1.29 is 14.3 Å². The molecule has 0 radical (unpaired) electrons. The molecule has 0 unspecified atom stereocenters. The van der Waals surface area contributed by atoms with Crippen LogP contribution in [0.4, 0.5) is 0 Å². The molecule has 4 heteroatoms. The maximum absolute atomic E-state index is 11.8. The van der Waals surface area contributed by atoms with E-state index in [9.17, 15) is 9.59 Å². The molecule has 0 heterocycles. The molecule has 1 aliphatic rings. The van der Waals surface area contributed by atoms with Gasteiger partial charge in [-0.25, -0.2) is 4.79 Å². The normalized spacial score (nSPS) is 17.9. The molecule has 1 aliphatic carbocycles. The molecule has 0 aromatic carbocycles. The summed E-state index contributed by atoms with van der Waals surface area (Å²) in [6, 6.07) is -0.595. The zero-order valence-corrected chi connectivity index (χ0v) is 10.9. The van der Waals surface area contributed by atoms with Gasteiger partial charge in [0, 0.05) is 5.92 Å². The number of allylic oxidation sites excluding steroid dienone is 2. The third-order valence-electron chi connectivity index (χ3n) is 2.50. The van der Waals surface area contributed by atoms with E-state index in [1.54, 1.807) is 27.7 Å². The molecular formula is C13H21NO3. The molecule has 96 valence electrons. The summed E-state index contributed by atoms with van der Waals surface area (Å²) in [5.74, 6) is -0.495. The zero-order chi connectivity index (χ0) is 13.1. The minimum absolute atomic E-state index is 0.0279. The van der Waals surface area contributed by atoms with Gasteiger partial charge in [0.15, 0.2) is 0 Å². The predicted molar refractivity (Wildman–Crippen MR) is 65.3 cm³/mol. The Bertz CT molecular complexity index is 320. The Morgan fingerprint density at radius 2 is 1.82 bits per heavy atom. The molecule has 0 saturated carbocycles. The molecule has 0 spiro atoms. The van der Waals surface area contributed by atoms with Gasteiger partial charge in [-0.15, -0.1) is 0 Å². The number of carbonyl (C=O) groups is 2. The molecule has 0 bridgehead atoms. The number of hydrogen-bond acceptors (Lipinski definition) is 3. The molecule has 1 atom stereocenters. The Morgan fingerprint density at radius 3 is 2.29 bits per heavy atom. The van der Waals surface area contributed by atoms with Crippen LogP contribution in [0, 0.1) is 5.92 Å². The quantitative estimate of drug-likeness (QED) is 0.603. The van der Waals surface area contributed by atoms with Crippen molar-refractivity contribution in [1.29, 1.82) is 0 Å². The zero-order valence-electron chi connectivity index (χ0n) is 10.9. The van der Waals surface area contributed by atoms with E-state index in [4.69, 9.17) is 4.74 Å². The first-order valence-corrected chi connectivity index (χ1v) is 5.98. The summed E-state index contributed by atoms with van der Waals surface area (Å²) in [6.07, 6.45) is 5.49. The lowest BCUT2D eigenvalue weighted by Gasteiger charge is -2.23. The number of ether oxygens (including phenoxy) is 1. The van der Waals surface area contributed by atoms with E-state index in [0.29, 0.717) is 0 Å². The van der Waals surface area contributed by atoms with Crippen LogP contribution in [0.5, 0.6) is 0 Å². The van der Waals surface area contributed by atoms with Gasteiger partial charge in [-0.2, -0.15) is 0 Å². The molecule has 4 nitrogen and oxygen atoms in total. The largest absolute Gasteiger partial charge is 0.458 e. The van der Waals surface area contributed by atoms with E-state index < -0.39 is 17.6 Å². The van der Waals surface area contributed by atoms with Crippen LogP contribution in [0.25, 0.3) is 0 Å². The predicted octanol–water partition coefficient (Wildman–Crippen LogP) is 1.80. The van der Waals surface area contributed by atoms with Gasteiger partial charge in [-0.05, 0) is 40.5 Å². The van der Waals surface area contributed by atoms with Gasteiger partial charge in [0.25, 0.3) is 0 Å². The molecule has 1 rings (SSSR count). The average molecular weight is 239 g/mol. The first-order chi connectivity index (χ1) is 7.79. The van der Waals surface area contributed by atoms with Gasteiger partial charge < -0.3 is 10.1 Å². The summed E-state index contributed by atoms with van der Waals surface area (Å²) in [5, 5.41) is 2.69. The maximum Gasteiger partial charge on any atom is 0.328 e. The van der Waals surface area contributed by atoms with Crippen molar-refractivity contribution in [1.82, 2.24) is 5.32 Å². The molecular weight excluding hydrogens is 218 g/mol. The first kappa shape index (κ1) is 13.7. The highest BCUT2D eigenvalue weighted by atomic mass is 16.6. The Kier molecular flexibility index (Phi) is 4.32. The van der Waals surface area contributed by atoms with Gasteiger partial charge in [0.05, 0.1) is 0 Å². The van der Waals surface area contributed by atoms with Gasteiger partial charge in [0.2, 0.25) is 5.91 Å². The fourth-order valence-electron chi connectivity index (χ4n) is 1.61. The van der Waals surface area contributed by atoms with Crippen molar-refractivity contribution in [2.75, 3.05) is 0 Å². The number of rotatable bonds is 3. The Hall–Kier alpha value is -1.32. The van der Waals surface area contributed by atoms with E-state index in [0.717, 1.165) is 12.8 Å². The molecule has 1 N–H and O–H groups in total. The highest BCUT2D eigenvalue weighted by Crippen LogP contribution is 2.18. The third kappa shape index (κ3) is 4.59. The van der Waals surface area contributed by atoms with E-state index in [1.165, 1.54) is 0 Å². The minimum Gasteiger partial charge on any atom is -0.458 e. The smallest absolute Gasteiger partial charge is 0.328 e. The van der Waals surface area contributed by atoms with Crippen LogP contribution in [0.2, 0.25) is 0 Å². The lowest BCUT2D eigenvalue weighted by molar-refractivity contribution is -0.158. The molecule has 0 saturated heterocycles. The number of nitrogens with one attached hydrogen (secondary N) is 1. The molecule has 1 amide bonds. The summed E-state index contributed by atoms with van der Waals surface area (Å²) in [7, 11) is 0. The van der Waals surface area contributed by atoms with Crippen molar-refractivity contribution in [3.8, 4) is 0 Å². The van der Waals surface area contributed by atoms with Crippen LogP contribution in [0.3, 0.4) is 0 Å². The minimum atomic E-state index is -0.595. The van der Waals surface area contributed by atoms with Gasteiger partial charge in [0.1, 0.15) is 11.6 Å². The second-order valence-electron chi connectivity index (χ2n) is 5.40. The standard InChI is InChI=1S/C13H21NO3/c1-9(12(16)17-13(2,3)4)14-11(15)10-7-5-6-8-10/h5-6,9-10H,7-8H2,1-4H3,(H,14,15)/t9-/m0/s1. The molecule has 0 aliphatic heterocycles. The fourth-order valence-corrected chi connectivity index (χ4v) is 1.61. The summed E-state index contributed by atoms with van der Waals surface area (Å²) in [5.41, 5.74) is -0.523. The lowest BCUT2D eigenvalue weighted by atomic mass is 10.1. The van der Waals surface area contributed by atoms with E-state index in [-0.39, 0.29) is 11.8 Å². The van der Waals surface area contributed by atoms with E-state index in [1.807, 2.05) is 12.2 Å². The van der Waals surface area contributed by atoms with Crippen LogP contribution in [-0.4, -0.2) is 23.5 Å². The topological polar surface area (TPSA) is 55.4 Å². The van der Waals surface area contributed by atoms with Crippen molar-refractivity contribution in [2.45, 2.75) is 52.2 Å². The summed E-state index contributed by atoms with van der Waals surface area (Å²) < 4.78 is 5.19. The van der Waals surface area contributed by atoms with Crippen LogP contribution < -0.4 is 5.32 Å². The van der Waals surface area contributed by atoms with Gasteiger partial charge in [-0.3, -0.25) is 4.79 Å². The molecule has 0 aromatic rings. The number of amides is 1. The summed E-state index contributed by atoms with van der Waals surface area (Å²) in [4.78, 5) is 23.4. The Labute approximate surface area is 102 Å². The highest BCUT2D eigenvalue weighted by molar-refractivity contribution is 5.86. The third-order valence-corrected chi connectivity index (χ3v) is 2.50. The second-order valence-corrected chi connectivity index (χ2v) is 5.40. The van der Waals surface area contributed by atoms with Crippen molar-refractivity contribution >= 4 is 11.9 Å². The highest BCUT2D eigenvalue weighted by Gasteiger charge is 2.26. The first-order valence-electron chi connectivity index (χ1n) is 5.98. The SMILES string of the molecule is C[C@H](NC(=O)C1CC=CC1)C(=O)OC(C)(C)C. The average Bonchev–Trinajstić information content (AvgIpc) is 2.67. The van der Waals surface area contributed by atoms with Crippen LogP contribution in [-0.2, 0) is 14.3 Å². The monoisotopic (exact) mass is 239 g/mol. The summed E-state index contributed by atoms with van der Waals surface area (Å²) >= 11 is 0. The van der Waals surface area contributed by atoms with Gasteiger partial charge in [-0.1, -0.05) is 12.2 Å². The molecule has 17 heavy (non-hydrogen) atoms. The number of carbonyl (C=O) groups excluding carboxylic acids is 2.